The van der Waals surface area contributed by atoms with E-state index in [1.807, 2.05) is 12.1 Å². The van der Waals surface area contributed by atoms with Gasteiger partial charge in [-0.1, -0.05) is 18.2 Å². The summed E-state index contributed by atoms with van der Waals surface area (Å²) >= 11 is 2.09. The predicted octanol–water partition coefficient (Wildman–Crippen LogP) is 3.55. The van der Waals surface area contributed by atoms with Gasteiger partial charge in [-0.25, -0.2) is 4.79 Å². The maximum absolute atomic E-state index is 12.1. The van der Waals surface area contributed by atoms with Crippen LogP contribution < -0.4 is 5.32 Å². The average molecular weight is 381 g/mol. The van der Waals surface area contributed by atoms with Crippen LogP contribution in [0.1, 0.15) is 26.3 Å². The minimum Gasteiger partial charge on any atom is -0.478 e. The van der Waals surface area contributed by atoms with Gasteiger partial charge >= 0.3 is 5.97 Å². The summed E-state index contributed by atoms with van der Waals surface area (Å²) in [6.45, 7) is 1.72. The van der Waals surface area contributed by atoms with Gasteiger partial charge in [0, 0.05) is 9.26 Å². The molecule has 102 valence electrons. The molecule has 0 unspecified atom stereocenters. The molecule has 0 radical (unpaired) electrons. The zero-order valence-corrected chi connectivity index (χ0v) is 12.8. The molecule has 0 fully saturated rings. The Hall–Kier alpha value is -1.89. The Bertz CT molecular complexity index is 683. The van der Waals surface area contributed by atoms with Gasteiger partial charge in [0.05, 0.1) is 11.1 Å². The molecule has 0 atom stereocenters. The van der Waals surface area contributed by atoms with Crippen LogP contribution in [0, 0.1) is 10.5 Å². The maximum atomic E-state index is 12.1. The molecule has 2 rings (SSSR count). The minimum atomic E-state index is -1.01. The lowest BCUT2D eigenvalue weighted by atomic mass is 10.1. The number of hydrogen-bond acceptors (Lipinski definition) is 2. The highest BCUT2D eigenvalue weighted by atomic mass is 127. The van der Waals surface area contributed by atoms with E-state index in [0.717, 1.165) is 3.57 Å². The number of halogens is 1. The van der Waals surface area contributed by atoms with Gasteiger partial charge in [0.25, 0.3) is 5.91 Å². The summed E-state index contributed by atoms with van der Waals surface area (Å²) in [5.74, 6) is -1.26. The summed E-state index contributed by atoms with van der Waals surface area (Å²) in [4.78, 5) is 23.2. The summed E-state index contributed by atoms with van der Waals surface area (Å²) in [6, 6.07) is 12.0. The number of aromatic carboxylic acids is 1. The molecule has 5 heteroatoms. The molecule has 20 heavy (non-hydrogen) atoms. The fraction of sp³-hybridized carbons (Fsp3) is 0.0667. The zero-order valence-electron chi connectivity index (χ0n) is 10.7. The largest absolute Gasteiger partial charge is 0.478 e. The van der Waals surface area contributed by atoms with Gasteiger partial charge in [-0.2, -0.15) is 0 Å². The number of carbonyl (C=O) groups is 2. The molecule has 2 N–H and O–H groups in total. The van der Waals surface area contributed by atoms with Crippen LogP contribution in [0.25, 0.3) is 0 Å². The number of nitrogens with one attached hydrogen (secondary N) is 1. The number of amides is 1. The molecule has 2 aromatic rings. The second-order valence-electron chi connectivity index (χ2n) is 4.27. The number of rotatable bonds is 3. The molecular weight excluding hydrogens is 369 g/mol. The van der Waals surface area contributed by atoms with Crippen molar-refractivity contribution in [3.63, 3.8) is 0 Å². The van der Waals surface area contributed by atoms with Gasteiger partial charge in [-0.05, 0) is 59.3 Å². The quantitative estimate of drug-likeness (QED) is 0.800. The lowest BCUT2D eigenvalue weighted by Gasteiger charge is -2.09. The number of hydrogen-bond donors (Lipinski definition) is 2. The normalized spacial score (nSPS) is 10.1. The smallest absolute Gasteiger partial charge is 0.336 e. The van der Waals surface area contributed by atoms with E-state index in [9.17, 15) is 9.59 Å². The van der Waals surface area contributed by atoms with Crippen LogP contribution in [0.3, 0.4) is 0 Å². The summed E-state index contributed by atoms with van der Waals surface area (Å²) in [5, 5.41) is 11.8. The zero-order chi connectivity index (χ0) is 14.7. The molecule has 0 aliphatic rings. The third kappa shape index (κ3) is 3.16. The van der Waals surface area contributed by atoms with E-state index in [4.69, 9.17) is 5.11 Å². The summed E-state index contributed by atoms with van der Waals surface area (Å²) in [5.41, 5.74) is 1.87. The molecule has 0 saturated heterocycles. The van der Waals surface area contributed by atoms with Gasteiger partial charge in [0.2, 0.25) is 0 Å². The van der Waals surface area contributed by atoms with Crippen LogP contribution in [-0.2, 0) is 0 Å². The third-order valence-electron chi connectivity index (χ3n) is 2.84. The number of carbonyl (C=O) groups excluding carboxylic acids is 1. The Balaban J connectivity index is 2.27. The van der Waals surface area contributed by atoms with E-state index < -0.39 is 5.97 Å². The van der Waals surface area contributed by atoms with Crippen LogP contribution in [0.15, 0.2) is 42.5 Å². The molecule has 0 saturated carbocycles. The first-order valence-electron chi connectivity index (χ1n) is 5.89. The molecule has 0 aliphatic carbocycles. The van der Waals surface area contributed by atoms with Crippen molar-refractivity contribution in [2.45, 2.75) is 6.92 Å². The van der Waals surface area contributed by atoms with E-state index in [1.54, 1.807) is 31.2 Å². The van der Waals surface area contributed by atoms with Crippen molar-refractivity contribution >= 4 is 40.2 Å². The van der Waals surface area contributed by atoms with Gasteiger partial charge < -0.3 is 10.4 Å². The highest BCUT2D eigenvalue weighted by Gasteiger charge is 2.12. The fourth-order valence-corrected chi connectivity index (χ4v) is 2.41. The second-order valence-corrected chi connectivity index (χ2v) is 5.43. The van der Waals surface area contributed by atoms with E-state index in [-0.39, 0.29) is 11.5 Å². The molecule has 4 nitrogen and oxygen atoms in total. The van der Waals surface area contributed by atoms with Crippen molar-refractivity contribution in [1.29, 1.82) is 0 Å². The number of carboxylic acid groups (broad SMARTS) is 1. The van der Waals surface area contributed by atoms with E-state index in [0.29, 0.717) is 16.8 Å². The first-order chi connectivity index (χ1) is 9.49. The van der Waals surface area contributed by atoms with E-state index in [1.165, 1.54) is 6.07 Å². The summed E-state index contributed by atoms with van der Waals surface area (Å²) in [6.07, 6.45) is 0. The number of aryl methyl sites for hydroxylation is 1. The fourth-order valence-electron chi connectivity index (χ4n) is 1.77. The third-order valence-corrected chi connectivity index (χ3v) is 3.79. The topological polar surface area (TPSA) is 66.4 Å². The Morgan fingerprint density at radius 3 is 2.45 bits per heavy atom. The Kier molecular flexibility index (Phi) is 4.39. The molecule has 2 aromatic carbocycles. The molecule has 0 heterocycles. The van der Waals surface area contributed by atoms with Crippen molar-refractivity contribution in [2.24, 2.45) is 0 Å². The molecule has 0 spiro atoms. The predicted molar refractivity (Wildman–Crippen MR) is 85.3 cm³/mol. The molecule has 0 bridgehead atoms. The van der Waals surface area contributed by atoms with Gasteiger partial charge in [0.1, 0.15) is 0 Å². The molecule has 0 aromatic heterocycles. The van der Waals surface area contributed by atoms with Crippen LogP contribution in [0.4, 0.5) is 5.69 Å². The SMILES string of the molecule is Cc1ccc(NC(=O)c2ccccc2I)cc1C(=O)O. The standard InChI is InChI=1S/C15H12INO3/c1-9-6-7-10(8-12(9)15(19)20)17-14(18)11-4-2-3-5-13(11)16/h2-8H,1H3,(H,17,18)(H,19,20). The van der Waals surface area contributed by atoms with Crippen molar-refractivity contribution in [3.8, 4) is 0 Å². The van der Waals surface area contributed by atoms with E-state index in [2.05, 4.69) is 27.9 Å². The Morgan fingerprint density at radius 2 is 1.80 bits per heavy atom. The van der Waals surface area contributed by atoms with Crippen LogP contribution in [-0.4, -0.2) is 17.0 Å². The molecular formula is C15H12INO3. The maximum Gasteiger partial charge on any atom is 0.336 e. The lowest BCUT2D eigenvalue weighted by molar-refractivity contribution is 0.0695. The molecule has 0 aliphatic heterocycles. The average Bonchev–Trinajstić information content (AvgIpc) is 2.41. The van der Waals surface area contributed by atoms with Crippen LogP contribution >= 0.6 is 22.6 Å². The number of benzene rings is 2. The van der Waals surface area contributed by atoms with Crippen LogP contribution in [0.2, 0.25) is 0 Å². The second kappa shape index (κ2) is 6.04. The summed E-state index contributed by atoms with van der Waals surface area (Å²) < 4.78 is 0.841. The highest BCUT2D eigenvalue weighted by Crippen LogP contribution is 2.18. The first-order valence-corrected chi connectivity index (χ1v) is 6.96. The lowest BCUT2D eigenvalue weighted by Crippen LogP contribution is -2.14. The van der Waals surface area contributed by atoms with Gasteiger partial charge in [-0.3, -0.25) is 4.79 Å². The van der Waals surface area contributed by atoms with Crippen molar-refractivity contribution in [2.75, 3.05) is 5.32 Å². The monoisotopic (exact) mass is 381 g/mol. The van der Waals surface area contributed by atoms with E-state index >= 15 is 0 Å². The van der Waals surface area contributed by atoms with Crippen molar-refractivity contribution in [1.82, 2.24) is 0 Å². The molecule has 1 amide bonds. The highest BCUT2D eigenvalue weighted by molar-refractivity contribution is 14.1. The van der Waals surface area contributed by atoms with Gasteiger partial charge in [-0.15, -0.1) is 0 Å². The van der Waals surface area contributed by atoms with Crippen molar-refractivity contribution in [3.05, 3.63) is 62.7 Å². The van der Waals surface area contributed by atoms with Gasteiger partial charge in [0.15, 0.2) is 0 Å². The Morgan fingerprint density at radius 1 is 1.10 bits per heavy atom. The van der Waals surface area contributed by atoms with Crippen molar-refractivity contribution < 1.29 is 14.7 Å². The number of anilines is 1. The Labute approximate surface area is 130 Å². The minimum absolute atomic E-state index is 0.186. The van der Waals surface area contributed by atoms with Crippen LogP contribution in [0.5, 0.6) is 0 Å². The number of carboxylic acids is 1. The first kappa shape index (κ1) is 14.5. The summed E-state index contributed by atoms with van der Waals surface area (Å²) in [7, 11) is 0.